The molecular weight excluding hydrogens is 688 g/mol. The van der Waals surface area contributed by atoms with E-state index in [1.165, 1.54) is 41.1 Å². The number of aryl methyl sites for hydroxylation is 1. The number of benzene rings is 4. The van der Waals surface area contributed by atoms with Crippen molar-refractivity contribution in [3.8, 4) is 23.1 Å². The first-order valence-corrected chi connectivity index (χ1v) is 17.0. The summed E-state index contributed by atoms with van der Waals surface area (Å²) in [5, 5.41) is 0.627. The number of pyridine rings is 1. The van der Waals surface area contributed by atoms with Crippen LogP contribution < -0.4 is 14.2 Å². The summed E-state index contributed by atoms with van der Waals surface area (Å²) in [5.41, 5.74) is 5.12. The molecular formula is C41H40Cl2FN3O4. The Labute approximate surface area is 309 Å². The number of carbonyl (C=O) groups excluding carboxylic acids is 1. The van der Waals surface area contributed by atoms with Crippen LogP contribution in [0.2, 0.25) is 5.02 Å². The standard InChI is InChI=1S/C41H39ClFN3O4.ClH/c1-30-6-14-35(15-7-30)48-25-20-31-8-10-33(11-9-31)28-45-21-23-46(24-22-45)41(47)19-13-32-12-17-39(38(43)26-32)50-40-18-16-36(27-44-40)49-29-34-4-2-3-5-37(34)42;/h2-19,26-27H,20-25,28-29H2,1H3;1H/b19-13+;. The predicted octanol–water partition coefficient (Wildman–Crippen LogP) is 8.95. The predicted molar refractivity (Wildman–Crippen MR) is 201 cm³/mol. The molecule has 2 heterocycles. The number of nitrogens with zero attached hydrogens (tertiary/aromatic N) is 3. The fraction of sp³-hybridized carbons (Fsp3) is 0.220. The molecule has 7 nitrogen and oxygen atoms in total. The van der Waals surface area contributed by atoms with E-state index in [-0.39, 0.29) is 29.9 Å². The molecule has 1 aliphatic heterocycles. The zero-order valence-electron chi connectivity index (χ0n) is 28.3. The molecule has 264 valence electrons. The number of amides is 1. The summed E-state index contributed by atoms with van der Waals surface area (Å²) in [5.74, 6) is 1.03. The zero-order chi connectivity index (χ0) is 34.7. The van der Waals surface area contributed by atoms with Gasteiger partial charge in [0.1, 0.15) is 18.1 Å². The highest BCUT2D eigenvalue weighted by Gasteiger charge is 2.20. The minimum absolute atomic E-state index is 0. The molecule has 1 aromatic heterocycles. The van der Waals surface area contributed by atoms with Crippen LogP contribution >= 0.6 is 24.0 Å². The molecule has 0 saturated carbocycles. The zero-order valence-corrected chi connectivity index (χ0v) is 29.9. The molecule has 1 fully saturated rings. The number of hydrogen-bond donors (Lipinski definition) is 0. The van der Waals surface area contributed by atoms with Crippen molar-refractivity contribution in [1.82, 2.24) is 14.8 Å². The van der Waals surface area contributed by atoms with Crippen LogP contribution in [-0.2, 0) is 24.4 Å². The number of ether oxygens (including phenoxy) is 3. The number of carbonyl (C=O) groups is 1. The Balaban J connectivity index is 0.00000504. The van der Waals surface area contributed by atoms with E-state index in [0.717, 1.165) is 37.4 Å². The largest absolute Gasteiger partial charge is 0.493 e. The fourth-order valence-corrected chi connectivity index (χ4v) is 5.69. The maximum absolute atomic E-state index is 14.9. The van der Waals surface area contributed by atoms with Gasteiger partial charge in [-0.25, -0.2) is 9.37 Å². The summed E-state index contributed by atoms with van der Waals surface area (Å²) in [6.07, 6.45) is 5.48. The Bertz CT molecular complexity index is 1900. The normalized spacial score (nSPS) is 13.1. The number of aromatic nitrogens is 1. The van der Waals surface area contributed by atoms with E-state index in [9.17, 15) is 9.18 Å². The Morgan fingerprint density at radius 3 is 2.29 bits per heavy atom. The van der Waals surface area contributed by atoms with Gasteiger partial charge in [-0.1, -0.05) is 77.8 Å². The van der Waals surface area contributed by atoms with Crippen LogP contribution in [0.5, 0.6) is 23.1 Å². The van der Waals surface area contributed by atoms with Gasteiger partial charge in [-0.05, 0) is 66.1 Å². The van der Waals surface area contributed by atoms with Gasteiger partial charge in [0.25, 0.3) is 0 Å². The van der Waals surface area contributed by atoms with Crippen LogP contribution in [0.3, 0.4) is 0 Å². The van der Waals surface area contributed by atoms with Crippen molar-refractivity contribution in [2.45, 2.75) is 26.5 Å². The Morgan fingerprint density at radius 1 is 0.863 bits per heavy atom. The first-order chi connectivity index (χ1) is 24.4. The Morgan fingerprint density at radius 2 is 1.59 bits per heavy atom. The van der Waals surface area contributed by atoms with E-state index >= 15 is 0 Å². The smallest absolute Gasteiger partial charge is 0.246 e. The van der Waals surface area contributed by atoms with Gasteiger partial charge in [0.15, 0.2) is 11.6 Å². The summed E-state index contributed by atoms with van der Waals surface area (Å²) < 4.78 is 32.1. The summed E-state index contributed by atoms with van der Waals surface area (Å²) in [7, 11) is 0. The maximum atomic E-state index is 14.9. The highest BCUT2D eigenvalue weighted by Crippen LogP contribution is 2.26. The van der Waals surface area contributed by atoms with Crippen LogP contribution in [0.15, 0.2) is 115 Å². The van der Waals surface area contributed by atoms with Crippen LogP contribution in [0.1, 0.15) is 27.8 Å². The third kappa shape index (κ3) is 11.0. The molecule has 5 aromatic rings. The SMILES string of the molecule is Cc1ccc(OCCc2ccc(CN3CCN(C(=O)/C=C/c4ccc(Oc5ccc(OCc6ccccc6Cl)cn5)c(F)c4)CC3)cc2)cc1.Cl. The van der Waals surface area contributed by atoms with Crippen molar-refractivity contribution in [3.05, 3.63) is 154 Å². The minimum atomic E-state index is -0.558. The van der Waals surface area contributed by atoms with Gasteiger partial charge in [-0.15, -0.1) is 12.4 Å². The van der Waals surface area contributed by atoms with Crippen molar-refractivity contribution in [2.24, 2.45) is 0 Å². The molecule has 10 heteroatoms. The van der Waals surface area contributed by atoms with Crippen LogP contribution in [0.4, 0.5) is 4.39 Å². The van der Waals surface area contributed by atoms with Gasteiger partial charge < -0.3 is 19.1 Å². The number of piperazine rings is 1. The van der Waals surface area contributed by atoms with Gasteiger partial charge in [-0.3, -0.25) is 9.69 Å². The van der Waals surface area contributed by atoms with Crippen LogP contribution in [0.25, 0.3) is 6.08 Å². The Hall–Kier alpha value is -4.89. The van der Waals surface area contributed by atoms with E-state index in [2.05, 4.69) is 53.2 Å². The van der Waals surface area contributed by atoms with Gasteiger partial charge in [0.05, 0.1) is 12.8 Å². The van der Waals surface area contributed by atoms with E-state index in [1.807, 2.05) is 35.2 Å². The topological polar surface area (TPSA) is 64.1 Å². The summed E-state index contributed by atoms with van der Waals surface area (Å²) in [6, 6.07) is 32.1. The lowest BCUT2D eigenvalue weighted by Crippen LogP contribution is -2.47. The lowest BCUT2D eigenvalue weighted by molar-refractivity contribution is -0.127. The molecule has 51 heavy (non-hydrogen) atoms. The summed E-state index contributed by atoms with van der Waals surface area (Å²) in [4.78, 5) is 21.3. The molecule has 1 saturated heterocycles. The fourth-order valence-electron chi connectivity index (χ4n) is 5.50. The highest BCUT2D eigenvalue weighted by atomic mass is 35.5. The average Bonchev–Trinajstić information content (AvgIpc) is 3.14. The van der Waals surface area contributed by atoms with Crippen molar-refractivity contribution in [3.63, 3.8) is 0 Å². The first-order valence-electron chi connectivity index (χ1n) is 16.6. The lowest BCUT2D eigenvalue weighted by Gasteiger charge is -2.34. The van der Waals surface area contributed by atoms with Crippen LogP contribution in [0, 0.1) is 12.7 Å². The molecule has 6 rings (SSSR count). The molecule has 1 amide bonds. The Kier molecular flexibility index (Phi) is 13.5. The molecule has 1 aliphatic rings. The monoisotopic (exact) mass is 727 g/mol. The average molecular weight is 729 g/mol. The summed E-state index contributed by atoms with van der Waals surface area (Å²) >= 11 is 6.18. The van der Waals surface area contributed by atoms with E-state index in [4.69, 9.17) is 25.8 Å². The van der Waals surface area contributed by atoms with Crippen molar-refractivity contribution >= 4 is 36.0 Å². The molecule has 0 spiro atoms. The molecule has 0 aliphatic carbocycles. The van der Waals surface area contributed by atoms with Crippen LogP contribution in [-0.4, -0.2) is 53.5 Å². The highest BCUT2D eigenvalue weighted by molar-refractivity contribution is 6.31. The molecule has 0 N–H and O–H groups in total. The third-order valence-electron chi connectivity index (χ3n) is 8.44. The molecule has 0 atom stereocenters. The van der Waals surface area contributed by atoms with E-state index in [1.54, 1.807) is 30.3 Å². The van der Waals surface area contributed by atoms with Crippen molar-refractivity contribution in [1.29, 1.82) is 0 Å². The first kappa shape index (κ1) is 37.4. The minimum Gasteiger partial charge on any atom is -0.493 e. The number of halogens is 3. The van der Waals surface area contributed by atoms with Gasteiger partial charge in [0.2, 0.25) is 11.8 Å². The van der Waals surface area contributed by atoms with Crippen molar-refractivity contribution < 1.29 is 23.4 Å². The van der Waals surface area contributed by atoms with Gasteiger partial charge in [-0.2, -0.15) is 0 Å². The second-order valence-corrected chi connectivity index (χ2v) is 12.6. The van der Waals surface area contributed by atoms with E-state index < -0.39 is 5.82 Å². The maximum Gasteiger partial charge on any atom is 0.246 e. The van der Waals surface area contributed by atoms with Gasteiger partial charge >= 0.3 is 0 Å². The summed E-state index contributed by atoms with van der Waals surface area (Å²) in [6.45, 7) is 6.68. The third-order valence-corrected chi connectivity index (χ3v) is 8.81. The molecule has 0 unspecified atom stereocenters. The van der Waals surface area contributed by atoms with Gasteiger partial charge in [0, 0.05) is 61.9 Å². The number of hydrogen-bond acceptors (Lipinski definition) is 6. The lowest BCUT2D eigenvalue weighted by atomic mass is 10.1. The second kappa shape index (κ2) is 18.4. The molecule has 0 radical (unpaired) electrons. The number of rotatable bonds is 13. The second-order valence-electron chi connectivity index (χ2n) is 12.2. The molecule has 0 bridgehead atoms. The van der Waals surface area contributed by atoms with E-state index in [0.29, 0.717) is 42.6 Å². The quantitative estimate of drug-likeness (QED) is 0.113. The molecule has 4 aromatic carbocycles. The van der Waals surface area contributed by atoms with Crippen molar-refractivity contribution in [2.75, 3.05) is 32.8 Å².